The van der Waals surface area contributed by atoms with Crippen LogP contribution in [0.2, 0.25) is 5.02 Å². The molecule has 2 aliphatic rings. The number of aryl methyl sites for hydroxylation is 1. The second kappa shape index (κ2) is 7.19. The first kappa shape index (κ1) is 19.0. The number of nitrogens with one attached hydrogen (secondary N) is 1. The molecule has 9 heteroatoms. The van der Waals surface area contributed by atoms with Crippen molar-refractivity contribution < 1.29 is 14.2 Å². The van der Waals surface area contributed by atoms with Gasteiger partial charge < -0.3 is 14.2 Å². The van der Waals surface area contributed by atoms with E-state index in [1.54, 1.807) is 10.8 Å². The lowest BCUT2D eigenvalue weighted by atomic mass is 9.92. The van der Waals surface area contributed by atoms with E-state index >= 15 is 0 Å². The Balaban J connectivity index is 1.28. The molecule has 31 heavy (non-hydrogen) atoms. The molecule has 4 heterocycles. The molecule has 4 aromatic rings. The van der Waals surface area contributed by atoms with Gasteiger partial charge in [-0.3, -0.25) is 5.10 Å². The third-order valence-electron chi connectivity index (χ3n) is 6.26. The van der Waals surface area contributed by atoms with Gasteiger partial charge in [-0.1, -0.05) is 11.6 Å². The first-order valence-electron chi connectivity index (χ1n) is 10.5. The number of benzene rings is 1. The standard InChI is InChI=1S/C22H22ClN5O3/c1-13-8-15(11-28-20(13)24-12-25-28)14-9-17(23)19-18(10-14)26-27-21(19)31-16-2-4-22(5-3-16)29-6-7-30-22/h8-12,16H,2-7H2,1H3,(H,26,27). The van der Waals surface area contributed by atoms with Gasteiger partial charge in [0.25, 0.3) is 0 Å². The second-order valence-corrected chi connectivity index (χ2v) is 8.68. The van der Waals surface area contributed by atoms with Crippen LogP contribution in [0, 0.1) is 6.92 Å². The molecule has 1 aromatic carbocycles. The fourth-order valence-electron chi connectivity index (χ4n) is 4.68. The Morgan fingerprint density at radius 2 is 1.97 bits per heavy atom. The summed E-state index contributed by atoms with van der Waals surface area (Å²) in [7, 11) is 0. The van der Waals surface area contributed by atoms with Crippen molar-refractivity contribution in [1.29, 1.82) is 0 Å². The minimum Gasteiger partial charge on any atom is -0.473 e. The van der Waals surface area contributed by atoms with E-state index in [4.69, 9.17) is 25.8 Å². The molecular weight excluding hydrogens is 418 g/mol. The maximum absolute atomic E-state index is 6.70. The van der Waals surface area contributed by atoms with Gasteiger partial charge in [0, 0.05) is 24.6 Å². The lowest BCUT2D eigenvalue weighted by Crippen LogP contribution is -2.38. The number of ether oxygens (including phenoxy) is 3. The van der Waals surface area contributed by atoms with Gasteiger partial charge in [-0.15, -0.1) is 5.10 Å². The Morgan fingerprint density at radius 1 is 1.16 bits per heavy atom. The zero-order chi connectivity index (χ0) is 21.0. The summed E-state index contributed by atoms with van der Waals surface area (Å²) in [6.07, 6.45) is 6.97. The smallest absolute Gasteiger partial charge is 0.242 e. The molecule has 0 atom stereocenters. The molecule has 2 fully saturated rings. The Kier molecular flexibility index (Phi) is 4.41. The van der Waals surface area contributed by atoms with Gasteiger partial charge in [0.15, 0.2) is 11.4 Å². The number of pyridine rings is 1. The average Bonchev–Trinajstić information content (AvgIpc) is 3.50. The lowest BCUT2D eigenvalue weighted by molar-refractivity contribution is -0.186. The highest BCUT2D eigenvalue weighted by molar-refractivity contribution is 6.36. The van der Waals surface area contributed by atoms with Gasteiger partial charge in [-0.25, -0.2) is 9.50 Å². The fourth-order valence-corrected chi connectivity index (χ4v) is 4.98. The number of halogens is 1. The van der Waals surface area contributed by atoms with Crippen molar-refractivity contribution in [2.24, 2.45) is 0 Å². The first-order chi connectivity index (χ1) is 15.1. The molecule has 1 N–H and O–H groups in total. The van der Waals surface area contributed by atoms with Crippen LogP contribution in [0.3, 0.4) is 0 Å². The van der Waals surface area contributed by atoms with Gasteiger partial charge in [-0.05, 0) is 49.1 Å². The average molecular weight is 440 g/mol. The molecule has 1 saturated heterocycles. The largest absolute Gasteiger partial charge is 0.473 e. The Hall–Kier alpha value is -2.68. The highest BCUT2D eigenvalue weighted by Gasteiger charge is 2.41. The van der Waals surface area contributed by atoms with Crippen molar-refractivity contribution in [2.75, 3.05) is 13.2 Å². The van der Waals surface area contributed by atoms with E-state index in [0.29, 0.717) is 24.1 Å². The molecule has 6 rings (SSSR count). The van der Waals surface area contributed by atoms with Crippen molar-refractivity contribution in [2.45, 2.75) is 44.5 Å². The molecule has 8 nitrogen and oxygen atoms in total. The number of fused-ring (bicyclic) bond motifs is 2. The van der Waals surface area contributed by atoms with Crippen LogP contribution in [-0.2, 0) is 9.47 Å². The molecule has 160 valence electrons. The number of aromatic amines is 1. The van der Waals surface area contributed by atoms with Crippen LogP contribution >= 0.6 is 11.6 Å². The summed E-state index contributed by atoms with van der Waals surface area (Å²) in [4.78, 5) is 4.28. The fraction of sp³-hybridized carbons (Fsp3) is 0.409. The summed E-state index contributed by atoms with van der Waals surface area (Å²) in [5.41, 5.74) is 4.71. The molecule has 0 bridgehead atoms. The van der Waals surface area contributed by atoms with Crippen LogP contribution in [0.4, 0.5) is 0 Å². The van der Waals surface area contributed by atoms with Crippen molar-refractivity contribution in [3.63, 3.8) is 0 Å². The summed E-state index contributed by atoms with van der Waals surface area (Å²) in [6, 6.07) is 6.06. The number of hydrogen-bond acceptors (Lipinski definition) is 6. The van der Waals surface area contributed by atoms with Crippen LogP contribution in [0.25, 0.3) is 27.7 Å². The maximum Gasteiger partial charge on any atom is 0.242 e. The van der Waals surface area contributed by atoms with Crippen molar-refractivity contribution in [3.05, 3.63) is 41.3 Å². The number of nitrogens with zero attached hydrogens (tertiary/aromatic N) is 4. The molecule has 1 aliphatic heterocycles. The van der Waals surface area contributed by atoms with E-state index in [-0.39, 0.29) is 6.10 Å². The van der Waals surface area contributed by atoms with Crippen molar-refractivity contribution in [3.8, 4) is 17.0 Å². The summed E-state index contributed by atoms with van der Waals surface area (Å²) in [6.45, 7) is 3.37. The summed E-state index contributed by atoms with van der Waals surface area (Å²) in [5.74, 6) is 0.146. The predicted octanol–water partition coefficient (Wildman–Crippen LogP) is 4.30. The number of H-pyrrole nitrogens is 1. The van der Waals surface area contributed by atoms with Gasteiger partial charge >= 0.3 is 0 Å². The quantitative estimate of drug-likeness (QED) is 0.512. The Bertz CT molecular complexity index is 1270. The van der Waals surface area contributed by atoms with Gasteiger partial charge in [0.2, 0.25) is 5.88 Å². The van der Waals surface area contributed by atoms with Crippen LogP contribution < -0.4 is 4.74 Å². The van der Waals surface area contributed by atoms with Crippen molar-refractivity contribution >= 4 is 28.2 Å². The van der Waals surface area contributed by atoms with Gasteiger partial charge in [0.05, 0.1) is 29.1 Å². The van der Waals surface area contributed by atoms with E-state index in [2.05, 4.69) is 26.3 Å². The normalized spacial score (nSPS) is 19.0. The Morgan fingerprint density at radius 3 is 2.77 bits per heavy atom. The third-order valence-corrected chi connectivity index (χ3v) is 6.56. The molecule has 0 unspecified atom stereocenters. The summed E-state index contributed by atoms with van der Waals surface area (Å²) in [5, 5.41) is 13.2. The zero-order valence-corrected chi connectivity index (χ0v) is 17.9. The topological polar surface area (TPSA) is 86.6 Å². The molecule has 1 aliphatic carbocycles. The van der Waals surface area contributed by atoms with E-state index < -0.39 is 5.79 Å². The van der Waals surface area contributed by atoms with Crippen LogP contribution in [0.15, 0.2) is 30.7 Å². The zero-order valence-electron chi connectivity index (χ0n) is 17.1. The third kappa shape index (κ3) is 3.26. The molecule has 3 aromatic heterocycles. The molecular formula is C22H22ClN5O3. The van der Waals surface area contributed by atoms with Gasteiger partial charge in [-0.2, -0.15) is 5.10 Å². The maximum atomic E-state index is 6.70. The number of rotatable bonds is 3. The van der Waals surface area contributed by atoms with E-state index in [1.165, 1.54) is 0 Å². The number of aromatic nitrogens is 5. The molecule has 1 spiro atoms. The minimum atomic E-state index is -0.399. The van der Waals surface area contributed by atoms with Crippen LogP contribution in [-0.4, -0.2) is 49.9 Å². The summed E-state index contributed by atoms with van der Waals surface area (Å²) < 4.78 is 19.6. The van der Waals surface area contributed by atoms with Crippen LogP contribution in [0.5, 0.6) is 5.88 Å². The van der Waals surface area contributed by atoms with E-state index in [0.717, 1.165) is 58.9 Å². The first-order valence-corrected chi connectivity index (χ1v) is 10.9. The summed E-state index contributed by atoms with van der Waals surface area (Å²) >= 11 is 6.70. The lowest BCUT2D eigenvalue weighted by Gasteiger charge is -2.35. The highest BCUT2D eigenvalue weighted by Crippen LogP contribution is 2.39. The molecule has 0 amide bonds. The SMILES string of the molecule is Cc1cc(-c2cc(Cl)c3c(OC4CCC5(CC4)OCCO5)n[nH]c3c2)cn2ncnc12. The number of hydrogen-bond donors (Lipinski definition) is 1. The van der Waals surface area contributed by atoms with E-state index in [1.807, 2.05) is 25.3 Å². The van der Waals surface area contributed by atoms with Crippen LogP contribution in [0.1, 0.15) is 31.2 Å². The monoisotopic (exact) mass is 439 g/mol. The minimum absolute atomic E-state index is 0.0676. The van der Waals surface area contributed by atoms with Gasteiger partial charge in [0.1, 0.15) is 12.4 Å². The van der Waals surface area contributed by atoms with E-state index in [9.17, 15) is 0 Å². The van der Waals surface area contributed by atoms with Crippen molar-refractivity contribution in [1.82, 2.24) is 24.8 Å². The predicted molar refractivity (Wildman–Crippen MR) is 115 cm³/mol. The highest BCUT2D eigenvalue weighted by atomic mass is 35.5. The Labute approximate surface area is 183 Å². The molecule has 1 saturated carbocycles. The second-order valence-electron chi connectivity index (χ2n) is 8.27. The molecule has 0 radical (unpaired) electrons.